The molecule has 0 amide bonds. The van der Waals surface area contributed by atoms with Gasteiger partial charge in [-0.05, 0) is 74.4 Å². The third kappa shape index (κ3) is 2.40. The van der Waals surface area contributed by atoms with Crippen LogP contribution in [0, 0.1) is 20.8 Å². The summed E-state index contributed by atoms with van der Waals surface area (Å²) in [5.41, 5.74) is 5.77. The van der Waals surface area contributed by atoms with Crippen molar-refractivity contribution in [2.75, 3.05) is 0 Å². The first kappa shape index (κ1) is 21.2. The average Bonchev–Trinajstić information content (AvgIpc) is 3.11. The van der Waals surface area contributed by atoms with Crippen LogP contribution >= 0.6 is 0 Å². The van der Waals surface area contributed by atoms with Gasteiger partial charge in [0.2, 0.25) is 5.52 Å². The molecule has 0 bridgehead atoms. The van der Waals surface area contributed by atoms with Crippen molar-refractivity contribution < 1.29 is 17.7 Å². The molecule has 0 aliphatic rings. The second-order valence-electron chi connectivity index (χ2n) is 10.2. The Kier molecular flexibility index (Phi) is 4.00. The number of hydrogen-bond acceptors (Lipinski definition) is 0. The fourth-order valence-corrected chi connectivity index (χ4v) is 5.84. The van der Waals surface area contributed by atoms with Gasteiger partial charge < -0.3 is 4.40 Å². The maximum absolute atomic E-state index is 14.4. The summed E-state index contributed by atoms with van der Waals surface area (Å²) >= 11 is 0. The molecule has 0 aliphatic carbocycles. The first-order chi connectivity index (χ1) is 15.9. The van der Waals surface area contributed by atoms with Crippen LogP contribution < -0.4 is 4.57 Å². The molecule has 5 heteroatoms. The van der Waals surface area contributed by atoms with Gasteiger partial charge in [0, 0.05) is 16.8 Å². The number of aromatic nitrogens is 2. The molecular formula is C29H26F3N2+. The highest BCUT2D eigenvalue weighted by Gasteiger charge is 2.50. The molecule has 0 saturated heterocycles. The van der Waals surface area contributed by atoms with E-state index in [1.54, 1.807) is 6.07 Å². The molecule has 0 fully saturated rings. The molecule has 0 aliphatic heterocycles. The van der Waals surface area contributed by atoms with E-state index in [2.05, 4.69) is 35.8 Å². The predicted octanol–water partition coefficient (Wildman–Crippen LogP) is 7.58. The van der Waals surface area contributed by atoms with E-state index in [0.29, 0.717) is 10.9 Å². The van der Waals surface area contributed by atoms with Gasteiger partial charge in [-0.25, -0.2) is 4.57 Å². The normalized spacial score (nSPS) is 13.4. The van der Waals surface area contributed by atoms with Crippen LogP contribution in [0.25, 0.3) is 49.0 Å². The van der Waals surface area contributed by atoms with Gasteiger partial charge in [-0.3, -0.25) is 0 Å². The lowest BCUT2D eigenvalue weighted by atomic mass is 9.80. The molecule has 6 aromatic rings. The Labute approximate surface area is 195 Å². The molecule has 0 atom stereocenters. The fraction of sp³-hybridized carbons (Fsp3) is 0.276. The zero-order valence-electron chi connectivity index (χ0n) is 20.1. The lowest BCUT2D eigenvalue weighted by molar-refractivity contribution is -0.643. The highest BCUT2D eigenvalue weighted by atomic mass is 19.4. The van der Waals surface area contributed by atoms with E-state index >= 15 is 0 Å². The van der Waals surface area contributed by atoms with E-state index < -0.39 is 11.6 Å². The smallest absolute Gasteiger partial charge is 0.307 e. The Morgan fingerprint density at radius 2 is 1.53 bits per heavy atom. The molecule has 3 aromatic carbocycles. The number of fused-ring (bicyclic) bond motifs is 6. The van der Waals surface area contributed by atoms with Gasteiger partial charge in [0.05, 0.1) is 32.7 Å². The summed E-state index contributed by atoms with van der Waals surface area (Å²) in [5, 5.41) is 4.55. The van der Waals surface area contributed by atoms with Crippen LogP contribution in [-0.2, 0) is 12.5 Å². The van der Waals surface area contributed by atoms with Crippen LogP contribution in [0.5, 0.6) is 0 Å². The van der Waals surface area contributed by atoms with E-state index in [1.807, 2.05) is 43.6 Å². The first-order valence-electron chi connectivity index (χ1n) is 11.5. The second kappa shape index (κ2) is 6.41. The van der Waals surface area contributed by atoms with E-state index in [-0.39, 0.29) is 0 Å². The summed E-state index contributed by atoms with van der Waals surface area (Å²) in [7, 11) is 2.02. The third-order valence-corrected chi connectivity index (χ3v) is 7.89. The minimum atomic E-state index is -4.38. The van der Waals surface area contributed by atoms with Crippen molar-refractivity contribution >= 4 is 49.0 Å². The highest BCUT2D eigenvalue weighted by Crippen LogP contribution is 2.49. The Balaban J connectivity index is 2.08. The Morgan fingerprint density at radius 3 is 2.24 bits per heavy atom. The van der Waals surface area contributed by atoms with Crippen molar-refractivity contribution in [1.29, 1.82) is 0 Å². The zero-order chi connectivity index (χ0) is 24.3. The summed E-state index contributed by atoms with van der Waals surface area (Å²) < 4.78 is 47.5. The molecule has 3 heterocycles. The number of para-hydroxylation sites is 1. The Bertz CT molecular complexity index is 1800. The van der Waals surface area contributed by atoms with Crippen molar-refractivity contribution in [3.05, 3.63) is 70.9 Å². The molecule has 3 aromatic heterocycles. The SMILES string of the molecule is Cc1cc(C)c2c(c1C)c1c3c(cc[n+]1C)cc(C(C)(C)C(F)(F)F)c1c4ccccc4n2c13. The summed E-state index contributed by atoms with van der Waals surface area (Å²) in [6, 6.07) is 13.8. The summed E-state index contributed by atoms with van der Waals surface area (Å²) in [4.78, 5) is 0. The van der Waals surface area contributed by atoms with Crippen molar-refractivity contribution in [3.63, 3.8) is 0 Å². The number of alkyl halides is 3. The van der Waals surface area contributed by atoms with Crippen LogP contribution in [0.4, 0.5) is 13.2 Å². The van der Waals surface area contributed by atoms with E-state index in [0.717, 1.165) is 49.2 Å². The maximum atomic E-state index is 14.4. The third-order valence-electron chi connectivity index (χ3n) is 7.89. The zero-order valence-corrected chi connectivity index (χ0v) is 20.1. The number of benzene rings is 3. The van der Waals surface area contributed by atoms with Crippen LogP contribution in [-0.4, -0.2) is 10.6 Å². The van der Waals surface area contributed by atoms with Crippen LogP contribution in [0.1, 0.15) is 36.1 Å². The van der Waals surface area contributed by atoms with E-state index in [9.17, 15) is 13.2 Å². The van der Waals surface area contributed by atoms with Gasteiger partial charge in [0.25, 0.3) is 0 Å². The van der Waals surface area contributed by atoms with Crippen LogP contribution in [0.15, 0.2) is 48.7 Å². The monoisotopic (exact) mass is 459 g/mol. The Morgan fingerprint density at radius 1 is 0.824 bits per heavy atom. The first-order valence-corrected chi connectivity index (χ1v) is 11.5. The van der Waals surface area contributed by atoms with Gasteiger partial charge in [0.15, 0.2) is 6.20 Å². The average molecular weight is 460 g/mol. The van der Waals surface area contributed by atoms with Gasteiger partial charge >= 0.3 is 6.18 Å². The summed E-state index contributed by atoms with van der Waals surface area (Å²) in [6.45, 7) is 8.95. The molecule has 0 unspecified atom stereocenters. The molecule has 6 rings (SSSR count). The predicted molar refractivity (Wildman–Crippen MR) is 133 cm³/mol. The highest BCUT2D eigenvalue weighted by molar-refractivity contribution is 6.28. The van der Waals surface area contributed by atoms with Crippen LogP contribution in [0.2, 0.25) is 0 Å². The van der Waals surface area contributed by atoms with E-state index in [1.165, 1.54) is 25.0 Å². The van der Waals surface area contributed by atoms with Crippen molar-refractivity contribution in [1.82, 2.24) is 4.40 Å². The number of halogens is 3. The number of nitrogens with zero attached hydrogens (tertiary/aromatic N) is 2. The van der Waals surface area contributed by atoms with Gasteiger partial charge in [-0.1, -0.05) is 24.3 Å². The maximum Gasteiger partial charge on any atom is 0.397 e. The molecule has 0 radical (unpaired) electrons. The number of hydrogen-bond donors (Lipinski definition) is 0. The van der Waals surface area contributed by atoms with Gasteiger partial charge in [-0.2, -0.15) is 13.2 Å². The minimum absolute atomic E-state index is 0.321. The molecular weight excluding hydrogens is 433 g/mol. The molecule has 172 valence electrons. The summed E-state index contributed by atoms with van der Waals surface area (Å²) in [6.07, 6.45) is -2.42. The molecule has 0 N–H and O–H groups in total. The molecule has 0 saturated carbocycles. The Hall–Kier alpha value is -3.34. The topological polar surface area (TPSA) is 8.29 Å². The quantitative estimate of drug-likeness (QED) is 0.136. The van der Waals surface area contributed by atoms with Crippen molar-refractivity contribution in [2.45, 2.75) is 46.2 Å². The molecule has 2 nitrogen and oxygen atoms in total. The standard InChI is InChI=1S/C29H26F3N2/c1-15-13-16(2)25-22(17(15)3)26-23-18(11-12-33(26)6)14-20(28(4,5)29(30,31)32)24-19-9-7-8-10-21(19)34(25)27(23)24/h7-14H,1-6H3/q+1. The number of aryl methyl sites for hydroxylation is 4. The van der Waals surface area contributed by atoms with E-state index in [4.69, 9.17) is 0 Å². The lowest BCUT2D eigenvalue weighted by Crippen LogP contribution is -2.36. The fourth-order valence-electron chi connectivity index (χ4n) is 5.84. The molecule has 0 spiro atoms. The minimum Gasteiger partial charge on any atom is -0.307 e. The van der Waals surface area contributed by atoms with Gasteiger partial charge in [-0.15, -0.1) is 0 Å². The summed E-state index contributed by atoms with van der Waals surface area (Å²) in [5.74, 6) is 0. The molecule has 34 heavy (non-hydrogen) atoms. The lowest BCUT2D eigenvalue weighted by Gasteiger charge is -2.29. The second-order valence-corrected chi connectivity index (χ2v) is 10.2. The number of rotatable bonds is 1. The van der Waals surface area contributed by atoms with Crippen molar-refractivity contribution in [3.8, 4) is 0 Å². The number of pyridine rings is 2. The largest absolute Gasteiger partial charge is 0.397 e. The van der Waals surface area contributed by atoms with Crippen LogP contribution in [0.3, 0.4) is 0 Å². The van der Waals surface area contributed by atoms with Gasteiger partial charge in [0.1, 0.15) is 7.05 Å². The van der Waals surface area contributed by atoms with Crippen molar-refractivity contribution in [2.24, 2.45) is 7.05 Å².